The van der Waals surface area contributed by atoms with Crippen LogP contribution in [0, 0.1) is 0 Å². The lowest BCUT2D eigenvalue weighted by atomic mass is 11.9. The third-order valence-corrected chi connectivity index (χ3v) is 4.13. The van der Waals surface area contributed by atoms with Crippen LogP contribution in [0.5, 0.6) is 0 Å². The highest BCUT2D eigenvalue weighted by molar-refractivity contribution is 8.60. The lowest BCUT2D eigenvalue weighted by molar-refractivity contribution is 0.308. The van der Waals surface area contributed by atoms with Gasteiger partial charge in [-0.25, -0.2) is 0 Å². The van der Waals surface area contributed by atoms with E-state index in [1.807, 2.05) is 6.66 Å². The molecule has 0 aromatic rings. The van der Waals surface area contributed by atoms with Crippen molar-refractivity contribution in [3.05, 3.63) is 0 Å². The van der Waals surface area contributed by atoms with Crippen molar-refractivity contribution in [1.82, 2.24) is 3.93 Å². The normalized spacial score (nSPS) is 12.6. The van der Waals surface area contributed by atoms with Crippen LogP contribution in [0.2, 0.25) is 0 Å². The maximum absolute atomic E-state index is 12.3. The van der Waals surface area contributed by atoms with Crippen molar-refractivity contribution >= 4 is 49.9 Å². The Balaban J connectivity index is 3.37. The van der Waals surface area contributed by atoms with E-state index in [1.54, 1.807) is 0 Å². The molecule has 0 N–H and O–H groups in total. The molecule has 0 aliphatic rings. The molecule has 6 heteroatoms. The van der Waals surface area contributed by atoms with Gasteiger partial charge < -0.3 is 0 Å². The first kappa shape index (κ1) is 9.93. The van der Waals surface area contributed by atoms with E-state index in [0.717, 1.165) is 30.5 Å². The van der Waals surface area contributed by atoms with Crippen molar-refractivity contribution in [2.24, 2.45) is 0 Å². The zero-order valence-electron chi connectivity index (χ0n) is 4.95. The molecule has 0 aliphatic heterocycles. The minimum atomic E-state index is -0.487. The van der Waals surface area contributed by atoms with Gasteiger partial charge in [-0.1, -0.05) is 6.30 Å². The highest BCUT2D eigenvalue weighted by Crippen LogP contribution is 2.43. The summed E-state index contributed by atoms with van der Waals surface area (Å²) in [5.41, 5.74) is 0. The van der Waals surface area contributed by atoms with E-state index in [-0.39, 0.29) is 0 Å². The van der Waals surface area contributed by atoms with E-state index in [9.17, 15) is 4.48 Å². The van der Waals surface area contributed by atoms with Gasteiger partial charge in [0.25, 0.3) is 0 Å². The molecule has 0 saturated carbocycles. The van der Waals surface area contributed by atoms with Gasteiger partial charge in [0.1, 0.15) is 6.66 Å². The van der Waals surface area contributed by atoms with Crippen molar-refractivity contribution in [2.45, 2.75) is 0 Å². The van der Waals surface area contributed by atoms with E-state index in [0.29, 0.717) is 3.93 Å². The number of rotatable bonds is 4. The van der Waals surface area contributed by atoms with Crippen molar-refractivity contribution in [3.8, 4) is 0 Å². The second-order valence-corrected chi connectivity index (χ2v) is 7.47. The molecule has 1 nitrogen and oxygen atoms in total. The Labute approximate surface area is 65.3 Å². The summed E-state index contributed by atoms with van der Waals surface area (Å²) in [6, 6.07) is 0. The summed E-state index contributed by atoms with van der Waals surface area (Å²) >= 11 is 2.14. The van der Waals surface area contributed by atoms with Crippen LogP contribution in [-0.4, -0.2) is 23.2 Å². The fraction of sp³-hybridized carbons (Fsp3) is 0.333. The lowest BCUT2D eigenvalue weighted by Gasteiger charge is -1.94. The molecule has 0 aliphatic carbocycles. The number of hydrogen-bond donors (Lipinski definition) is 0. The van der Waals surface area contributed by atoms with Gasteiger partial charge in [0.05, 0.1) is 6.30 Å². The van der Waals surface area contributed by atoms with E-state index in [1.165, 1.54) is 0 Å². The average Bonchev–Trinajstić information content (AvgIpc) is 1.63. The SMILES string of the molecule is C=PSN(F)S[P+](=C)C. The average molecular weight is 202 g/mol. The summed E-state index contributed by atoms with van der Waals surface area (Å²) in [5, 5.41) is 0. The molecule has 0 radical (unpaired) electrons. The lowest BCUT2D eigenvalue weighted by Crippen LogP contribution is -1.80. The van der Waals surface area contributed by atoms with E-state index in [2.05, 4.69) is 12.6 Å². The molecule has 0 saturated heterocycles. The summed E-state index contributed by atoms with van der Waals surface area (Å²) < 4.78 is 12.9. The largest absolute Gasteiger partial charge is 0.211 e. The van der Waals surface area contributed by atoms with Gasteiger partial charge >= 0.3 is 0 Å². The molecule has 0 aromatic heterocycles. The molecule has 0 heterocycles. The summed E-state index contributed by atoms with van der Waals surface area (Å²) in [7, 11) is 0.724. The van der Waals surface area contributed by atoms with Crippen molar-refractivity contribution in [3.63, 3.8) is 0 Å². The smallest absolute Gasteiger partial charge is 0.106 e. The Kier molecular flexibility index (Phi) is 6.28. The summed E-state index contributed by atoms with van der Waals surface area (Å²) in [6.07, 6.45) is 7.13. The molecule has 0 rings (SSSR count). The maximum atomic E-state index is 12.3. The Bertz CT molecular complexity index is 120. The molecule has 9 heavy (non-hydrogen) atoms. The zero-order valence-corrected chi connectivity index (χ0v) is 8.37. The topological polar surface area (TPSA) is 3.24 Å². The fourth-order valence-electron chi connectivity index (χ4n) is 0.170. The van der Waals surface area contributed by atoms with E-state index >= 15 is 0 Å². The van der Waals surface area contributed by atoms with Gasteiger partial charge in [0, 0.05) is 15.5 Å². The highest BCUT2D eigenvalue weighted by Gasteiger charge is 2.10. The van der Waals surface area contributed by atoms with Crippen molar-refractivity contribution < 1.29 is 4.48 Å². The van der Waals surface area contributed by atoms with Crippen LogP contribution in [0.25, 0.3) is 0 Å². The first-order valence-electron chi connectivity index (χ1n) is 1.98. The predicted molar refractivity (Wildman–Crippen MR) is 52.1 cm³/mol. The second-order valence-electron chi connectivity index (χ2n) is 1.13. The van der Waals surface area contributed by atoms with Crippen molar-refractivity contribution in [1.29, 1.82) is 0 Å². The van der Waals surface area contributed by atoms with Gasteiger partial charge in [-0.3, -0.25) is 0 Å². The molecule has 0 fully saturated rings. The third kappa shape index (κ3) is 6.82. The standard InChI is InChI=1S/C3H7FNP2S2/c1-6-8-5(4)9-7(2)3/h1-2H2,3H3/q+1. The number of hydrogen-bond acceptors (Lipinski definition) is 3. The van der Waals surface area contributed by atoms with Crippen LogP contribution in [0.1, 0.15) is 0 Å². The number of halogens is 1. The molecule has 0 amide bonds. The predicted octanol–water partition coefficient (Wildman–Crippen LogP) is 3.22. The van der Waals surface area contributed by atoms with Crippen LogP contribution in [0.3, 0.4) is 0 Å². The third-order valence-electron chi connectivity index (χ3n) is 0.326. The summed E-state index contributed by atoms with van der Waals surface area (Å²) in [6.45, 7) is 1.41. The minimum absolute atomic E-state index is 0.487. The quantitative estimate of drug-likeness (QED) is 0.391. The molecule has 0 aromatic carbocycles. The van der Waals surface area contributed by atoms with Crippen LogP contribution in [0.4, 0.5) is 4.48 Å². The maximum Gasteiger partial charge on any atom is 0.211 e. The molecule has 1 atom stereocenters. The van der Waals surface area contributed by atoms with Gasteiger partial charge in [0.15, 0.2) is 6.75 Å². The van der Waals surface area contributed by atoms with Crippen LogP contribution in [0.15, 0.2) is 0 Å². The minimum Gasteiger partial charge on any atom is -0.106 e. The monoisotopic (exact) mass is 202 g/mol. The fourth-order valence-corrected chi connectivity index (χ4v) is 4.05. The first-order valence-corrected chi connectivity index (χ1v) is 7.79. The molecule has 1 unspecified atom stereocenters. The Hall–Kier alpha value is 0.930. The Morgan fingerprint density at radius 3 is 2.67 bits per heavy atom. The van der Waals surface area contributed by atoms with Crippen LogP contribution in [-0.2, 0) is 0 Å². The van der Waals surface area contributed by atoms with Crippen LogP contribution < -0.4 is 0 Å². The zero-order chi connectivity index (χ0) is 7.28. The van der Waals surface area contributed by atoms with E-state index in [4.69, 9.17) is 0 Å². The van der Waals surface area contributed by atoms with Gasteiger partial charge in [-0.2, -0.15) is 0 Å². The molecule has 0 bridgehead atoms. The molecular weight excluding hydrogens is 195 g/mol. The molecule has 52 valence electrons. The Morgan fingerprint density at radius 2 is 2.33 bits per heavy atom. The summed E-state index contributed by atoms with van der Waals surface area (Å²) in [5.74, 6) is 0. The van der Waals surface area contributed by atoms with Gasteiger partial charge in [0.2, 0.25) is 11.6 Å². The Morgan fingerprint density at radius 1 is 1.78 bits per heavy atom. The second kappa shape index (κ2) is 5.70. The summed E-state index contributed by atoms with van der Waals surface area (Å²) in [4.78, 5) is 0. The van der Waals surface area contributed by atoms with Crippen LogP contribution >= 0.6 is 37.3 Å². The van der Waals surface area contributed by atoms with E-state index < -0.39 is 6.75 Å². The molecular formula is C3H7FNP2S2+. The van der Waals surface area contributed by atoms with Gasteiger partial charge in [-0.05, 0) is 7.41 Å². The van der Waals surface area contributed by atoms with Gasteiger partial charge in [-0.15, -0.1) is 4.48 Å². The highest BCUT2D eigenvalue weighted by atomic mass is 32.8. The van der Waals surface area contributed by atoms with Crippen molar-refractivity contribution in [2.75, 3.05) is 6.66 Å². The molecule has 0 spiro atoms. The first-order chi connectivity index (χ1) is 4.16. The number of nitrogens with zero attached hydrogens (tertiary/aromatic N) is 1.